The van der Waals surface area contributed by atoms with E-state index < -0.39 is 33.2 Å². The highest BCUT2D eigenvalue weighted by molar-refractivity contribution is 6.34. The fourth-order valence-electron chi connectivity index (χ4n) is 2.28. The van der Waals surface area contributed by atoms with E-state index in [-0.39, 0.29) is 0 Å². The maximum atomic E-state index is 14.7. The molecule has 0 nitrogen and oxygen atoms in total. The largest absolute Gasteiger partial charge is 0.325 e. The Morgan fingerprint density at radius 1 is 0.538 bits per heavy atom. The zero-order valence-corrected chi connectivity index (χ0v) is 15.2. The highest BCUT2D eigenvalue weighted by atomic mass is 35.5. The van der Waals surface area contributed by atoms with Crippen LogP contribution in [0.3, 0.4) is 0 Å². The van der Waals surface area contributed by atoms with Crippen molar-refractivity contribution in [3.63, 3.8) is 0 Å². The molecule has 0 fully saturated rings. The van der Waals surface area contributed by atoms with Crippen molar-refractivity contribution in [3.8, 4) is 0 Å². The molecule has 0 aliphatic carbocycles. The molecule has 0 aromatic heterocycles. The molecule has 2 aromatic carbocycles. The Hall–Kier alpha value is -1.40. The Labute approximate surface area is 156 Å². The average molecular weight is 415 g/mol. The van der Waals surface area contributed by atoms with E-state index in [1.165, 1.54) is 24.3 Å². The molecule has 142 valence electrons. The van der Waals surface area contributed by atoms with Gasteiger partial charge in [0.1, 0.15) is 0 Å². The summed E-state index contributed by atoms with van der Waals surface area (Å²) < 4.78 is 87.5. The highest BCUT2D eigenvalue weighted by Crippen LogP contribution is 2.61. The van der Waals surface area contributed by atoms with Crippen LogP contribution in [0.15, 0.2) is 48.5 Å². The minimum absolute atomic E-state index is 0.547. The van der Waals surface area contributed by atoms with Crippen LogP contribution in [0.2, 0.25) is 0 Å². The maximum absolute atomic E-state index is 14.7. The molecule has 0 radical (unpaired) electrons. The molecule has 0 aliphatic heterocycles. The van der Waals surface area contributed by atoms with Gasteiger partial charge in [-0.05, 0) is 13.8 Å². The van der Waals surface area contributed by atoms with E-state index in [0.717, 1.165) is 24.3 Å². The highest BCUT2D eigenvalue weighted by Gasteiger charge is 2.77. The fourth-order valence-corrected chi connectivity index (χ4v) is 2.74. The minimum atomic E-state index is -4.94. The van der Waals surface area contributed by atoms with E-state index in [1.54, 1.807) is 13.8 Å². The van der Waals surface area contributed by atoms with E-state index in [4.69, 9.17) is 23.2 Å². The number of hydrogen-bond donors (Lipinski definition) is 0. The number of benzene rings is 2. The van der Waals surface area contributed by atoms with Crippen LogP contribution in [-0.4, -0.2) is 10.3 Å². The molecule has 2 rings (SSSR count). The van der Waals surface area contributed by atoms with Crippen LogP contribution in [0.25, 0.3) is 0 Å². The average Bonchev–Trinajstić information content (AvgIpc) is 2.55. The quantitative estimate of drug-likeness (QED) is 0.365. The Bertz CT molecular complexity index is 700. The predicted molar refractivity (Wildman–Crippen MR) is 89.5 cm³/mol. The van der Waals surface area contributed by atoms with Gasteiger partial charge in [0.05, 0.1) is 0 Å². The molecule has 0 spiro atoms. The maximum Gasteiger partial charge on any atom is 0.325 e. The lowest BCUT2D eigenvalue weighted by atomic mass is 9.92. The summed E-state index contributed by atoms with van der Waals surface area (Å²) in [5.41, 5.74) is -1.07. The standard InChI is InChI=1S/C18H14Cl2F6/c1-11-3-7-13(8-4-11)15(21,22)17(19,25)18(20,26)16(23,24)14-9-5-12(2)6-10-14/h3-10H,1-2H3. The first-order valence-corrected chi connectivity index (χ1v) is 8.16. The van der Waals surface area contributed by atoms with Gasteiger partial charge in [-0.15, -0.1) is 0 Å². The van der Waals surface area contributed by atoms with E-state index >= 15 is 0 Å². The molecule has 0 saturated heterocycles. The van der Waals surface area contributed by atoms with E-state index in [1.807, 2.05) is 0 Å². The van der Waals surface area contributed by atoms with Crippen molar-refractivity contribution in [3.05, 3.63) is 70.8 Å². The topological polar surface area (TPSA) is 0 Å². The summed E-state index contributed by atoms with van der Waals surface area (Å²) in [5, 5.41) is -9.88. The monoisotopic (exact) mass is 414 g/mol. The van der Waals surface area contributed by atoms with Crippen molar-refractivity contribution in [2.24, 2.45) is 0 Å². The fraction of sp³-hybridized carbons (Fsp3) is 0.333. The van der Waals surface area contributed by atoms with Crippen LogP contribution in [0, 0.1) is 13.8 Å². The van der Waals surface area contributed by atoms with Gasteiger partial charge in [0.2, 0.25) is 0 Å². The van der Waals surface area contributed by atoms with Crippen LogP contribution >= 0.6 is 23.2 Å². The minimum Gasteiger partial charge on any atom is -0.214 e. The predicted octanol–water partition coefficient (Wildman–Crippen LogP) is 7.00. The third-order valence-corrected chi connectivity index (χ3v) is 5.10. The van der Waals surface area contributed by atoms with E-state index in [9.17, 15) is 26.3 Å². The smallest absolute Gasteiger partial charge is 0.214 e. The number of hydrogen-bond acceptors (Lipinski definition) is 0. The molecule has 0 aliphatic rings. The summed E-state index contributed by atoms with van der Waals surface area (Å²) >= 11 is 10.1. The zero-order chi connectivity index (χ0) is 20.0. The van der Waals surface area contributed by atoms with Gasteiger partial charge in [0, 0.05) is 11.1 Å². The molecule has 0 N–H and O–H groups in total. The molecule has 2 unspecified atom stereocenters. The van der Waals surface area contributed by atoms with Crippen molar-refractivity contribution in [2.45, 2.75) is 35.9 Å². The van der Waals surface area contributed by atoms with Crippen molar-refractivity contribution in [2.75, 3.05) is 0 Å². The lowest BCUT2D eigenvalue weighted by molar-refractivity contribution is -0.213. The van der Waals surface area contributed by atoms with Crippen molar-refractivity contribution in [1.29, 1.82) is 0 Å². The van der Waals surface area contributed by atoms with Crippen LogP contribution in [0.5, 0.6) is 0 Å². The van der Waals surface area contributed by atoms with E-state index in [0.29, 0.717) is 11.1 Å². The van der Waals surface area contributed by atoms with Crippen LogP contribution in [0.4, 0.5) is 26.3 Å². The molecule has 0 heterocycles. The first-order valence-electron chi connectivity index (χ1n) is 7.40. The van der Waals surface area contributed by atoms with Crippen molar-refractivity contribution < 1.29 is 26.3 Å². The number of alkyl halides is 8. The van der Waals surface area contributed by atoms with Gasteiger partial charge in [-0.2, -0.15) is 17.6 Å². The molecule has 2 aromatic rings. The molecule has 0 bridgehead atoms. The number of rotatable bonds is 5. The molecular weight excluding hydrogens is 401 g/mol. The van der Waals surface area contributed by atoms with Crippen LogP contribution in [0.1, 0.15) is 22.3 Å². The van der Waals surface area contributed by atoms with Gasteiger partial charge in [-0.1, -0.05) is 82.9 Å². The van der Waals surface area contributed by atoms with Gasteiger partial charge >= 0.3 is 22.1 Å². The van der Waals surface area contributed by atoms with Gasteiger partial charge in [-0.25, -0.2) is 8.78 Å². The Morgan fingerprint density at radius 2 is 0.769 bits per heavy atom. The molecule has 0 amide bonds. The lowest BCUT2D eigenvalue weighted by Crippen LogP contribution is -2.58. The SMILES string of the molecule is Cc1ccc(C(F)(F)C(F)(Cl)C(F)(Cl)C(F)(F)c2ccc(C)cc2)cc1. The summed E-state index contributed by atoms with van der Waals surface area (Å²) in [6, 6.07) is 7.80. The molecule has 2 atom stereocenters. The van der Waals surface area contributed by atoms with Crippen molar-refractivity contribution in [1.82, 2.24) is 0 Å². The molecule has 8 heteroatoms. The van der Waals surface area contributed by atoms with Crippen molar-refractivity contribution >= 4 is 23.2 Å². The second kappa shape index (κ2) is 6.64. The first kappa shape index (κ1) is 20.9. The normalized spacial score (nSPS) is 17.5. The third kappa shape index (κ3) is 3.18. The Morgan fingerprint density at radius 3 is 1.00 bits per heavy atom. The lowest BCUT2D eigenvalue weighted by Gasteiger charge is -2.39. The van der Waals surface area contributed by atoms with Gasteiger partial charge in [0.15, 0.2) is 0 Å². The Balaban J connectivity index is 2.53. The molecule has 26 heavy (non-hydrogen) atoms. The van der Waals surface area contributed by atoms with E-state index in [2.05, 4.69) is 0 Å². The Kier molecular flexibility index (Phi) is 5.34. The third-order valence-electron chi connectivity index (χ3n) is 4.01. The first-order chi connectivity index (χ1) is 11.7. The zero-order valence-electron chi connectivity index (χ0n) is 13.6. The molecule has 0 saturated carbocycles. The molecular formula is C18H14Cl2F6. The van der Waals surface area contributed by atoms with Crippen LogP contribution in [-0.2, 0) is 11.8 Å². The summed E-state index contributed by atoms with van der Waals surface area (Å²) in [5.74, 6) is -9.68. The summed E-state index contributed by atoms with van der Waals surface area (Å²) in [7, 11) is 0. The van der Waals surface area contributed by atoms with Gasteiger partial charge in [0.25, 0.3) is 0 Å². The number of aryl methyl sites for hydroxylation is 2. The van der Waals surface area contributed by atoms with Gasteiger partial charge in [-0.3, -0.25) is 0 Å². The second-order valence-electron chi connectivity index (χ2n) is 6.03. The second-order valence-corrected chi connectivity index (χ2v) is 7.07. The number of halogens is 8. The van der Waals surface area contributed by atoms with Gasteiger partial charge < -0.3 is 0 Å². The summed E-state index contributed by atoms with van der Waals surface area (Å²) in [6.45, 7) is 3.13. The summed E-state index contributed by atoms with van der Waals surface area (Å²) in [6.07, 6.45) is 0. The summed E-state index contributed by atoms with van der Waals surface area (Å²) in [4.78, 5) is 0. The van der Waals surface area contributed by atoms with Crippen LogP contribution < -0.4 is 0 Å².